The van der Waals surface area contributed by atoms with Crippen molar-refractivity contribution in [3.05, 3.63) is 63.7 Å². The van der Waals surface area contributed by atoms with Gasteiger partial charge in [0.2, 0.25) is 5.91 Å². The van der Waals surface area contributed by atoms with Gasteiger partial charge in [-0.2, -0.15) is 0 Å². The second-order valence-corrected chi connectivity index (χ2v) is 7.18. The monoisotopic (exact) mass is 443 g/mol. The molecule has 0 aliphatic carbocycles. The van der Waals surface area contributed by atoms with Crippen LogP contribution >= 0.6 is 0 Å². The molecule has 0 aromatic heterocycles. The minimum atomic E-state index is -0.581. The highest BCUT2D eigenvalue weighted by molar-refractivity contribution is 5.97. The molecule has 2 aromatic rings. The van der Waals surface area contributed by atoms with Gasteiger partial charge in [-0.1, -0.05) is 26.0 Å². The number of hydrogen-bond donors (Lipinski definition) is 2. The summed E-state index contributed by atoms with van der Waals surface area (Å²) in [4.78, 5) is 34.8. The molecule has 32 heavy (non-hydrogen) atoms. The largest absolute Gasteiger partial charge is 0.490 e. The molecule has 0 aliphatic heterocycles. The summed E-state index contributed by atoms with van der Waals surface area (Å²) >= 11 is 0. The number of non-ortho nitro benzene ring substituents is 1. The molecule has 172 valence electrons. The first-order chi connectivity index (χ1) is 15.3. The minimum Gasteiger partial charge on any atom is -0.490 e. The van der Waals surface area contributed by atoms with Crippen molar-refractivity contribution in [1.29, 1.82) is 0 Å². The molecule has 1 atom stereocenters. The highest BCUT2D eigenvalue weighted by atomic mass is 16.6. The molecule has 0 saturated heterocycles. The summed E-state index contributed by atoms with van der Waals surface area (Å²) in [5, 5.41) is 16.1. The van der Waals surface area contributed by atoms with E-state index in [2.05, 4.69) is 10.6 Å². The molecule has 1 unspecified atom stereocenters. The highest BCUT2D eigenvalue weighted by Crippen LogP contribution is 2.31. The summed E-state index contributed by atoms with van der Waals surface area (Å²) in [7, 11) is 0. The fourth-order valence-electron chi connectivity index (χ4n) is 2.85. The average molecular weight is 444 g/mol. The second-order valence-electron chi connectivity index (χ2n) is 7.18. The quantitative estimate of drug-likeness (QED) is 0.381. The maximum atomic E-state index is 12.3. The third-order valence-corrected chi connectivity index (χ3v) is 4.50. The van der Waals surface area contributed by atoms with Crippen LogP contribution in [0.1, 0.15) is 55.6 Å². The number of amides is 2. The van der Waals surface area contributed by atoms with Crippen LogP contribution in [-0.2, 0) is 4.79 Å². The van der Waals surface area contributed by atoms with Crippen molar-refractivity contribution in [3.8, 4) is 11.5 Å². The van der Waals surface area contributed by atoms with Crippen LogP contribution in [0.2, 0.25) is 0 Å². The number of nitrogens with zero attached hydrogens (tertiary/aromatic N) is 1. The summed E-state index contributed by atoms with van der Waals surface area (Å²) in [6.45, 7) is 6.74. The molecule has 9 nitrogen and oxygen atoms in total. The minimum absolute atomic E-state index is 0.112. The normalized spacial score (nSPS) is 11.3. The molecule has 0 fully saturated rings. The molecule has 2 aromatic carbocycles. The van der Waals surface area contributed by atoms with E-state index in [9.17, 15) is 19.7 Å². The van der Waals surface area contributed by atoms with Gasteiger partial charge in [-0.3, -0.25) is 19.7 Å². The lowest BCUT2D eigenvalue weighted by molar-refractivity contribution is -0.384. The summed E-state index contributed by atoms with van der Waals surface area (Å²) in [5.41, 5.74) is 0.752. The van der Waals surface area contributed by atoms with Crippen LogP contribution in [0.3, 0.4) is 0 Å². The van der Waals surface area contributed by atoms with Crippen LogP contribution in [0.4, 0.5) is 5.69 Å². The van der Waals surface area contributed by atoms with Gasteiger partial charge < -0.3 is 20.1 Å². The van der Waals surface area contributed by atoms with Crippen molar-refractivity contribution >= 4 is 17.5 Å². The van der Waals surface area contributed by atoms with E-state index in [4.69, 9.17) is 9.47 Å². The smallest absolute Gasteiger partial charge is 0.270 e. The Bertz CT molecular complexity index is 947. The topological polar surface area (TPSA) is 120 Å². The Kier molecular flexibility index (Phi) is 9.46. The number of carbonyl (C=O) groups is 2. The van der Waals surface area contributed by atoms with E-state index in [0.29, 0.717) is 24.7 Å². The first kappa shape index (κ1) is 24.6. The molecular weight excluding hydrogens is 414 g/mol. The van der Waals surface area contributed by atoms with Crippen molar-refractivity contribution in [1.82, 2.24) is 10.6 Å². The molecule has 0 heterocycles. The molecule has 0 bridgehead atoms. The molecule has 0 radical (unpaired) electrons. The number of ether oxygens (including phenoxy) is 2. The fraction of sp³-hybridized carbons (Fsp3) is 0.391. The standard InChI is InChI=1S/C23H29N3O6/c1-4-11-31-20-10-9-17(14-21(20)32-12-5-2)16(3)25-22(27)15-24-23(28)18-7-6-8-19(13-18)26(29)30/h6-10,13-14,16H,4-5,11-12,15H2,1-3H3,(H,24,28)(H,25,27). The van der Waals surface area contributed by atoms with E-state index in [1.165, 1.54) is 18.2 Å². The summed E-state index contributed by atoms with van der Waals surface area (Å²) in [6.07, 6.45) is 1.73. The maximum absolute atomic E-state index is 12.3. The SMILES string of the molecule is CCCOc1ccc(C(C)NC(=O)CNC(=O)c2cccc([N+](=O)[O-])c2)cc1OCCC. The predicted molar refractivity (Wildman–Crippen MR) is 120 cm³/mol. The summed E-state index contributed by atoms with van der Waals surface area (Å²) in [6, 6.07) is 10.5. The zero-order chi connectivity index (χ0) is 23.5. The van der Waals surface area contributed by atoms with E-state index < -0.39 is 16.7 Å². The van der Waals surface area contributed by atoms with Gasteiger partial charge in [-0.15, -0.1) is 0 Å². The highest BCUT2D eigenvalue weighted by Gasteiger charge is 2.16. The summed E-state index contributed by atoms with van der Waals surface area (Å²) < 4.78 is 11.5. The van der Waals surface area contributed by atoms with Gasteiger partial charge in [0.25, 0.3) is 11.6 Å². The lowest BCUT2D eigenvalue weighted by Crippen LogP contribution is -2.38. The Balaban J connectivity index is 1.97. The van der Waals surface area contributed by atoms with Crippen LogP contribution in [-0.4, -0.2) is 36.5 Å². The van der Waals surface area contributed by atoms with Crippen molar-refractivity contribution in [2.24, 2.45) is 0 Å². The Labute approximate surface area is 187 Å². The van der Waals surface area contributed by atoms with E-state index in [1.54, 1.807) is 0 Å². The molecule has 2 amide bonds. The molecular formula is C23H29N3O6. The van der Waals surface area contributed by atoms with E-state index in [0.717, 1.165) is 24.5 Å². The van der Waals surface area contributed by atoms with Crippen LogP contribution in [0, 0.1) is 10.1 Å². The zero-order valence-electron chi connectivity index (χ0n) is 18.6. The van der Waals surface area contributed by atoms with Crippen LogP contribution in [0.25, 0.3) is 0 Å². The van der Waals surface area contributed by atoms with Gasteiger partial charge in [-0.25, -0.2) is 0 Å². The Morgan fingerprint density at radius 1 is 1.03 bits per heavy atom. The second kappa shape index (κ2) is 12.3. The van der Waals surface area contributed by atoms with Crippen LogP contribution in [0.15, 0.2) is 42.5 Å². The third kappa shape index (κ3) is 7.26. The predicted octanol–water partition coefficient (Wildman–Crippen LogP) is 3.78. The number of nitro groups is 1. The van der Waals surface area contributed by atoms with E-state index in [1.807, 2.05) is 39.0 Å². The Morgan fingerprint density at radius 3 is 2.38 bits per heavy atom. The first-order valence-electron chi connectivity index (χ1n) is 10.6. The molecule has 0 spiro atoms. The summed E-state index contributed by atoms with van der Waals surface area (Å²) in [5.74, 6) is 0.326. The van der Waals surface area contributed by atoms with Crippen molar-refractivity contribution < 1.29 is 24.0 Å². The number of hydrogen-bond acceptors (Lipinski definition) is 6. The zero-order valence-corrected chi connectivity index (χ0v) is 18.6. The van der Waals surface area contributed by atoms with Gasteiger partial charge in [0.15, 0.2) is 11.5 Å². The molecule has 2 rings (SSSR count). The number of nitrogens with one attached hydrogen (secondary N) is 2. The Hall–Kier alpha value is -3.62. The van der Waals surface area contributed by atoms with E-state index in [-0.39, 0.29) is 23.8 Å². The first-order valence-corrected chi connectivity index (χ1v) is 10.6. The lowest BCUT2D eigenvalue weighted by Gasteiger charge is -2.18. The van der Waals surface area contributed by atoms with Crippen molar-refractivity contribution in [3.63, 3.8) is 0 Å². The molecule has 0 aliphatic rings. The van der Waals surface area contributed by atoms with Gasteiger partial charge in [0.1, 0.15) is 0 Å². The Morgan fingerprint density at radius 2 is 1.72 bits per heavy atom. The molecule has 2 N–H and O–H groups in total. The van der Waals surface area contributed by atoms with Gasteiger partial charge in [0, 0.05) is 17.7 Å². The van der Waals surface area contributed by atoms with E-state index >= 15 is 0 Å². The molecule has 9 heteroatoms. The third-order valence-electron chi connectivity index (χ3n) is 4.50. The number of rotatable bonds is 12. The molecule has 0 saturated carbocycles. The van der Waals surface area contributed by atoms with Crippen LogP contribution < -0.4 is 20.1 Å². The average Bonchev–Trinajstić information content (AvgIpc) is 2.80. The van der Waals surface area contributed by atoms with Gasteiger partial charge in [-0.05, 0) is 43.5 Å². The van der Waals surface area contributed by atoms with Crippen molar-refractivity contribution in [2.75, 3.05) is 19.8 Å². The number of carbonyl (C=O) groups excluding carboxylic acids is 2. The maximum Gasteiger partial charge on any atom is 0.270 e. The number of benzene rings is 2. The fourth-order valence-corrected chi connectivity index (χ4v) is 2.85. The number of nitro benzene ring substituents is 1. The van der Waals surface area contributed by atoms with Crippen LogP contribution in [0.5, 0.6) is 11.5 Å². The van der Waals surface area contributed by atoms with Gasteiger partial charge in [0.05, 0.1) is 30.7 Å². The van der Waals surface area contributed by atoms with Gasteiger partial charge >= 0.3 is 0 Å². The lowest BCUT2D eigenvalue weighted by atomic mass is 10.1. The van der Waals surface area contributed by atoms with Crippen molar-refractivity contribution in [2.45, 2.75) is 39.7 Å².